The molecule has 2 rings (SSSR count). The SMILES string of the molecule is O=c1ncccn1Cc1cnc(Cl)s1. The van der Waals surface area contributed by atoms with Crippen molar-refractivity contribution in [2.24, 2.45) is 0 Å². The van der Waals surface area contributed by atoms with Gasteiger partial charge >= 0.3 is 5.69 Å². The van der Waals surface area contributed by atoms with E-state index in [2.05, 4.69) is 9.97 Å². The summed E-state index contributed by atoms with van der Waals surface area (Å²) in [5.74, 6) is 0. The lowest BCUT2D eigenvalue weighted by atomic mass is 10.5. The van der Waals surface area contributed by atoms with Gasteiger partial charge in [0.05, 0.1) is 6.54 Å². The summed E-state index contributed by atoms with van der Waals surface area (Å²) < 4.78 is 1.99. The van der Waals surface area contributed by atoms with Gasteiger partial charge < -0.3 is 0 Å². The minimum absolute atomic E-state index is 0.267. The van der Waals surface area contributed by atoms with E-state index in [1.807, 2.05) is 0 Å². The van der Waals surface area contributed by atoms with Crippen LogP contribution in [0.3, 0.4) is 0 Å². The second kappa shape index (κ2) is 3.89. The first kappa shape index (κ1) is 9.36. The topological polar surface area (TPSA) is 47.8 Å². The Morgan fingerprint density at radius 2 is 2.36 bits per heavy atom. The summed E-state index contributed by atoms with van der Waals surface area (Å²) in [5, 5.41) is 0. The molecule has 0 atom stereocenters. The molecule has 6 heteroatoms. The number of hydrogen-bond donors (Lipinski definition) is 0. The third-order valence-electron chi connectivity index (χ3n) is 1.63. The van der Waals surface area contributed by atoms with Crippen LogP contribution in [-0.4, -0.2) is 14.5 Å². The first-order chi connectivity index (χ1) is 6.75. The Morgan fingerprint density at radius 1 is 1.50 bits per heavy atom. The molecule has 4 nitrogen and oxygen atoms in total. The Kier molecular flexibility index (Phi) is 2.60. The molecule has 0 saturated carbocycles. The molecule has 0 amide bonds. The minimum Gasteiger partial charge on any atom is -0.294 e. The number of aromatic nitrogens is 3. The second-order valence-corrected chi connectivity index (χ2v) is 4.31. The summed E-state index contributed by atoms with van der Waals surface area (Å²) in [6.45, 7) is 0.469. The highest BCUT2D eigenvalue weighted by Gasteiger charge is 2.01. The van der Waals surface area contributed by atoms with E-state index in [1.165, 1.54) is 22.1 Å². The first-order valence-electron chi connectivity index (χ1n) is 3.87. The van der Waals surface area contributed by atoms with Gasteiger partial charge in [-0.15, -0.1) is 11.3 Å². The van der Waals surface area contributed by atoms with E-state index >= 15 is 0 Å². The number of hydrogen-bond acceptors (Lipinski definition) is 4. The van der Waals surface area contributed by atoms with Crippen LogP contribution < -0.4 is 5.69 Å². The van der Waals surface area contributed by atoms with Crippen LogP contribution in [0.5, 0.6) is 0 Å². The van der Waals surface area contributed by atoms with Crippen molar-refractivity contribution in [3.05, 3.63) is 44.5 Å². The molecule has 0 aliphatic rings. The molecule has 0 aliphatic carbocycles. The zero-order chi connectivity index (χ0) is 9.97. The standard InChI is InChI=1S/C8H6ClN3OS/c9-7-11-4-6(14-7)5-12-3-1-2-10-8(12)13/h1-4H,5H2. The van der Waals surface area contributed by atoms with E-state index in [0.717, 1.165) is 4.88 Å². The van der Waals surface area contributed by atoms with Crippen molar-refractivity contribution in [3.63, 3.8) is 0 Å². The highest BCUT2D eigenvalue weighted by molar-refractivity contribution is 7.15. The van der Waals surface area contributed by atoms with Crippen LogP contribution in [0.15, 0.2) is 29.5 Å². The van der Waals surface area contributed by atoms with E-state index in [1.54, 1.807) is 18.5 Å². The van der Waals surface area contributed by atoms with E-state index in [9.17, 15) is 4.79 Å². The van der Waals surface area contributed by atoms with Crippen LogP contribution in [0.25, 0.3) is 0 Å². The minimum atomic E-state index is -0.267. The molecule has 72 valence electrons. The lowest BCUT2D eigenvalue weighted by Crippen LogP contribution is -2.21. The summed E-state index contributed by atoms with van der Waals surface area (Å²) in [5.41, 5.74) is -0.267. The van der Waals surface area contributed by atoms with Crippen molar-refractivity contribution < 1.29 is 0 Å². The fourth-order valence-corrected chi connectivity index (χ4v) is 2.01. The zero-order valence-corrected chi connectivity index (χ0v) is 8.63. The van der Waals surface area contributed by atoms with Gasteiger partial charge in [-0.1, -0.05) is 11.6 Å². The maximum Gasteiger partial charge on any atom is 0.347 e. The Balaban J connectivity index is 2.27. The Labute approximate surface area is 88.8 Å². The highest BCUT2D eigenvalue weighted by Crippen LogP contribution is 2.17. The van der Waals surface area contributed by atoms with Gasteiger partial charge in [0.25, 0.3) is 0 Å². The fraction of sp³-hybridized carbons (Fsp3) is 0.125. The van der Waals surface area contributed by atoms with Crippen molar-refractivity contribution in [3.8, 4) is 0 Å². The largest absolute Gasteiger partial charge is 0.347 e. The molecule has 2 aromatic rings. The fourth-order valence-electron chi connectivity index (χ4n) is 1.03. The van der Waals surface area contributed by atoms with Gasteiger partial charge in [-0.2, -0.15) is 0 Å². The van der Waals surface area contributed by atoms with Crippen LogP contribution in [0, 0.1) is 0 Å². The van der Waals surface area contributed by atoms with Crippen molar-refractivity contribution in [1.82, 2.24) is 14.5 Å². The Bertz CT molecular complexity index is 493. The zero-order valence-electron chi connectivity index (χ0n) is 7.05. The van der Waals surface area contributed by atoms with Crippen molar-refractivity contribution >= 4 is 22.9 Å². The van der Waals surface area contributed by atoms with Gasteiger partial charge in [0.1, 0.15) is 0 Å². The van der Waals surface area contributed by atoms with Gasteiger partial charge in [-0.3, -0.25) is 4.57 Å². The maximum atomic E-state index is 11.2. The van der Waals surface area contributed by atoms with Crippen molar-refractivity contribution in [2.75, 3.05) is 0 Å². The highest BCUT2D eigenvalue weighted by atomic mass is 35.5. The summed E-state index contributed by atoms with van der Waals surface area (Å²) in [4.78, 5) is 19.7. The second-order valence-electron chi connectivity index (χ2n) is 2.61. The molecular weight excluding hydrogens is 222 g/mol. The Hall–Kier alpha value is -1.20. The molecule has 0 aliphatic heterocycles. The quantitative estimate of drug-likeness (QED) is 0.779. The lowest BCUT2D eigenvalue weighted by Gasteiger charge is -1.99. The van der Waals surface area contributed by atoms with Crippen LogP contribution >= 0.6 is 22.9 Å². The number of halogens is 1. The van der Waals surface area contributed by atoms with Gasteiger partial charge in [-0.05, 0) is 6.07 Å². The molecule has 0 N–H and O–H groups in total. The molecule has 14 heavy (non-hydrogen) atoms. The molecule has 0 saturated heterocycles. The average molecular weight is 228 g/mol. The smallest absolute Gasteiger partial charge is 0.294 e. The van der Waals surface area contributed by atoms with E-state index in [-0.39, 0.29) is 5.69 Å². The molecule has 2 heterocycles. The Morgan fingerprint density at radius 3 is 3.00 bits per heavy atom. The van der Waals surface area contributed by atoms with Gasteiger partial charge in [0.2, 0.25) is 0 Å². The maximum absolute atomic E-state index is 11.2. The number of thiazole rings is 1. The van der Waals surface area contributed by atoms with Crippen molar-refractivity contribution in [1.29, 1.82) is 0 Å². The predicted octanol–water partition coefficient (Wildman–Crippen LogP) is 1.40. The number of rotatable bonds is 2. The molecule has 0 unspecified atom stereocenters. The number of nitrogens with zero attached hydrogens (tertiary/aromatic N) is 3. The van der Waals surface area contributed by atoms with Crippen LogP contribution in [-0.2, 0) is 6.54 Å². The molecular formula is C8H6ClN3OS. The van der Waals surface area contributed by atoms with E-state index in [4.69, 9.17) is 11.6 Å². The third-order valence-corrected chi connectivity index (χ3v) is 2.73. The molecule has 0 aromatic carbocycles. The van der Waals surface area contributed by atoms with E-state index < -0.39 is 0 Å². The summed E-state index contributed by atoms with van der Waals surface area (Å²) >= 11 is 7.03. The summed E-state index contributed by atoms with van der Waals surface area (Å²) in [6.07, 6.45) is 4.81. The molecule has 0 bridgehead atoms. The summed E-state index contributed by atoms with van der Waals surface area (Å²) in [6, 6.07) is 1.71. The molecule has 0 radical (unpaired) electrons. The monoisotopic (exact) mass is 227 g/mol. The molecule has 0 spiro atoms. The normalized spacial score (nSPS) is 10.4. The van der Waals surface area contributed by atoms with Crippen LogP contribution in [0.2, 0.25) is 4.47 Å². The van der Waals surface area contributed by atoms with Gasteiger partial charge in [-0.25, -0.2) is 14.8 Å². The average Bonchev–Trinajstić information content (AvgIpc) is 2.56. The predicted molar refractivity (Wildman–Crippen MR) is 54.7 cm³/mol. The van der Waals surface area contributed by atoms with E-state index in [0.29, 0.717) is 11.0 Å². The third kappa shape index (κ3) is 2.00. The van der Waals surface area contributed by atoms with Crippen molar-refractivity contribution in [2.45, 2.75) is 6.54 Å². The first-order valence-corrected chi connectivity index (χ1v) is 5.07. The summed E-state index contributed by atoms with van der Waals surface area (Å²) in [7, 11) is 0. The van der Waals surface area contributed by atoms with Gasteiger partial charge in [0, 0.05) is 23.5 Å². The lowest BCUT2D eigenvalue weighted by molar-refractivity contribution is 0.734. The van der Waals surface area contributed by atoms with Gasteiger partial charge in [0.15, 0.2) is 4.47 Å². The molecule has 2 aromatic heterocycles. The van der Waals surface area contributed by atoms with Crippen LogP contribution in [0.4, 0.5) is 0 Å². The molecule has 0 fully saturated rings. The van der Waals surface area contributed by atoms with Crippen LogP contribution in [0.1, 0.15) is 4.88 Å².